The van der Waals surface area contributed by atoms with Crippen molar-refractivity contribution in [2.45, 2.75) is 25.4 Å². The van der Waals surface area contributed by atoms with Crippen molar-refractivity contribution < 1.29 is 27.6 Å². The highest BCUT2D eigenvalue weighted by Crippen LogP contribution is 2.35. The molecule has 0 unspecified atom stereocenters. The predicted octanol–water partition coefficient (Wildman–Crippen LogP) is 4.50. The summed E-state index contributed by atoms with van der Waals surface area (Å²) in [6.07, 6.45) is -2.03. The molecule has 1 atom stereocenters. The number of imidazole rings is 1. The molecule has 1 aliphatic heterocycles. The molecule has 0 radical (unpaired) electrons. The molecule has 0 amide bonds. The molecule has 1 aromatic carbocycles. The van der Waals surface area contributed by atoms with Crippen LogP contribution in [0, 0.1) is 10.1 Å². The highest BCUT2D eigenvalue weighted by Gasteiger charge is 2.31. The molecule has 31 heavy (non-hydrogen) atoms. The van der Waals surface area contributed by atoms with Gasteiger partial charge in [-0.2, -0.15) is 13.2 Å². The number of nitro groups is 1. The molecule has 0 spiro atoms. The fourth-order valence-corrected chi connectivity index (χ4v) is 3.35. The molecule has 0 aliphatic carbocycles. The summed E-state index contributed by atoms with van der Waals surface area (Å²) in [5.74, 6) is -0.296. The summed E-state index contributed by atoms with van der Waals surface area (Å²) in [6, 6.07) is 6.69. The van der Waals surface area contributed by atoms with E-state index in [0.29, 0.717) is 23.4 Å². The van der Waals surface area contributed by atoms with Crippen LogP contribution >= 0.6 is 11.6 Å². The van der Waals surface area contributed by atoms with E-state index in [0.717, 1.165) is 12.1 Å². The molecule has 1 aliphatic rings. The molecule has 3 aromatic rings. The Balaban J connectivity index is 1.39. The van der Waals surface area contributed by atoms with Crippen molar-refractivity contribution >= 4 is 17.4 Å². The van der Waals surface area contributed by atoms with Crippen LogP contribution in [0.4, 0.5) is 19.0 Å². The fourth-order valence-electron chi connectivity index (χ4n) is 3.06. The first-order valence-corrected chi connectivity index (χ1v) is 9.36. The second-order valence-corrected chi connectivity index (χ2v) is 7.17. The minimum Gasteiger partial charge on any atom is -0.443 e. The van der Waals surface area contributed by atoms with Gasteiger partial charge in [-0.05, 0) is 23.1 Å². The van der Waals surface area contributed by atoms with E-state index in [1.165, 1.54) is 23.0 Å². The van der Waals surface area contributed by atoms with E-state index >= 15 is 0 Å². The van der Waals surface area contributed by atoms with Crippen LogP contribution in [0.2, 0.25) is 5.02 Å². The van der Waals surface area contributed by atoms with Gasteiger partial charge in [0.1, 0.15) is 18.9 Å². The quantitative estimate of drug-likeness (QED) is 0.416. The molecular formula is C19H14ClF3N4O4. The molecule has 162 valence electrons. The van der Waals surface area contributed by atoms with E-state index in [-0.39, 0.29) is 36.2 Å². The SMILES string of the molecule is O=[N+]([O-])c1cn2c(n1)OC[C@H](OCc1ccc(-c3ccc(C(F)(F)F)cc3Cl)cn1)C2. The largest absolute Gasteiger partial charge is 0.443 e. The Hall–Kier alpha value is -3.18. The number of ether oxygens (including phenoxy) is 2. The normalized spacial score (nSPS) is 15.9. The van der Waals surface area contributed by atoms with Crippen molar-refractivity contribution in [2.24, 2.45) is 0 Å². The van der Waals surface area contributed by atoms with E-state index in [9.17, 15) is 23.3 Å². The number of hydrogen-bond acceptors (Lipinski definition) is 6. The second kappa shape index (κ2) is 8.16. The van der Waals surface area contributed by atoms with Gasteiger partial charge in [-0.3, -0.25) is 9.55 Å². The molecule has 0 fully saturated rings. The van der Waals surface area contributed by atoms with Crippen molar-refractivity contribution in [3.8, 4) is 17.1 Å². The van der Waals surface area contributed by atoms with Gasteiger partial charge in [0, 0.05) is 27.3 Å². The number of halogens is 4. The van der Waals surface area contributed by atoms with Crippen molar-refractivity contribution in [3.05, 3.63) is 69.1 Å². The Labute approximate surface area is 178 Å². The molecule has 2 aromatic heterocycles. The highest BCUT2D eigenvalue weighted by molar-refractivity contribution is 6.33. The van der Waals surface area contributed by atoms with E-state index in [4.69, 9.17) is 21.1 Å². The first kappa shape index (κ1) is 21.1. The highest BCUT2D eigenvalue weighted by atomic mass is 35.5. The number of fused-ring (bicyclic) bond motifs is 1. The van der Waals surface area contributed by atoms with Gasteiger partial charge in [0.05, 0.1) is 24.4 Å². The van der Waals surface area contributed by atoms with Crippen LogP contribution in [-0.4, -0.2) is 32.2 Å². The summed E-state index contributed by atoms with van der Waals surface area (Å²) in [4.78, 5) is 18.2. The molecule has 0 saturated carbocycles. The van der Waals surface area contributed by atoms with E-state index in [1.807, 2.05) is 0 Å². The van der Waals surface area contributed by atoms with E-state index in [2.05, 4.69) is 9.97 Å². The Kier molecular flexibility index (Phi) is 5.54. The van der Waals surface area contributed by atoms with Crippen LogP contribution in [-0.2, 0) is 24.1 Å². The molecule has 12 heteroatoms. The van der Waals surface area contributed by atoms with Crippen LogP contribution in [0.1, 0.15) is 11.3 Å². The topological polar surface area (TPSA) is 92.3 Å². The molecule has 3 heterocycles. The van der Waals surface area contributed by atoms with Crippen LogP contribution in [0.25, 0.3) is 11.1 Å². The maximum absolute atomic E-state index is 12.8. The van der Waals surface area contributed by atoms with Gasteiger partial charge >= 0.3 is 18.0 Å². The maximum Gasteiger partial charge on any atom is 0.416 e. The van der Waals surface area contributed by atoms with Crippen LogP contribution < -0.4 is 4.74 Å². The standard InChI is InChI=1S/C19H14ClF3N4O4/c20-16-5-12(19(21,22)23)2-4-15(16)11-1-3-13(24-6-11)9-30-14-7-26-8-17(27(28)29)25-18(26)31-10-14/h1-6,8,14H,7,9-10H2/t14-/m1/s1. The van der Waals surface area contributed by atoms with Crippen molar-refractivity contribution in [3.63, 3.8) is 0 Å². The van der Waals surface area contributed by atoms with Crippen molar-refractivity contribution in [1.29, 1.82) is 0 Å². The maximum atomic E-state index is 12.8. The average Bonchev–Trinajstić information content (AvgIpc) is 3.16. The Bertz CT molecular complexity index is 1120. The number of aromatic nitrogens is 3. The minimum atomic E-state index is -4.47. The zero-order chi connectivity index (χ0) is 22.2. The summed E-state index contributed by atoms with van der Waals surface area (Å²) in [6.45, 7) is 0.685. The zero-order valence-corrected chi connectivity index (χ0v) is 16.4. The van der Waals surface area contributed by atoms with Gasteiger partial charge in [-0.15, -0.1) is 0 Å². The summed E-state index contributed by atoms with van der Waals surface area (Å²) in [7, 11) is 0. The zero-order valence-electron chi connectivity index (χ0n) is 15.7. The smallest absolute Gasteiger partial charge is 0.416 e. The molecule has 8 nitrogen and oxygen atoms in total. The molecule has 4 rings (SSSR count). The van der Waals surface area contributed by atoms with Crippen molar-refractivity contribution in [1.82, 2.24) is 14.5 Å². The first-order valence-electron chi connectivity index (χ1n) is 8.99. The van der Waals surface area contributed by atoms with Crippen LogP contribution in [0.3, 0.4) is 0 Å². The van der Waals surface area contributed by atoms with Crippen LogP contribution in [0.15, 0.2) is 42.7 Å². The lowest BCUT2D eigenvalue weighted by molar-refractivity contribution is -0.389. The lowest BCUT2D eigenvalue weighted by atomic mass is 10.0. The number of pyridine rings is 1. The third kappa shape index (κ3) is 4.62. The number of benzene rings is 1. The summed E-state index contributed by atoms with van der Waals surface area (Å²) >= 11 is 6.02. The van der Waals surface area contributed by atoms with Crippen molar-refractivity contribution in [2.75, 3.05) is 6.61 Å². The Morgan fingerprint density at radius 2 is 2.13 bits per heavy atom. The van der Waals surface area contributed by atoms with E-state index in [1.54, 1.807) is 12.1 Å². The Morgan fingerprint density at radius 1 is 1.32 bits per heavy atom. The fraction of sp³-hybridized carbons (Fsp3) is 0.263. The number of alkyl halides is 3. The molecule has 0 bridgehead atoms. The van der Waals surface area contributed by atoms with Gasteiger partial charge in [0.2, 0.25) is 0 Å². The second-order valence-electron chi connectivity index (χ2n) is 6.77. The summed E-state index contributed by atoms with van der Waals surface area (Å²) in [5, 5.41) is 10.8. The Morgan fingerprint density at radius 3 is 2.77 bits per heavy atom. The number of rotatable bonds is 5. The summed E-state index contributed by atoms with van der Waals surface area (Å²) < 4.78 is 51.0. The number of nitrogens with zero attached hydrogens (tertiary/aromatic N) is 4. The van der Waals surface area contributed by atoms with Gasteiger partial charge in [-0.25, -0.2) is 0 Å². The van der Waals surface area contributed by atoms with Gasteiger partial charge < -0.3 is 19.6 Å². The minimum absolute atomic E-state index is 0.0230. The molecule has 0 N–H and O–H groups in total. The predicted molar refractivity (Wildman–Crippen MR) is 103 cm³/mol. The van der Waals surface area contributed by atoms with Gasteiger partial charge in [0.25, 0.3) is 0 Å². The summed E-state index contributed by atoms with van der Waals surface area (Å²) in [5.41, 5.74) is 0.776. The van der Waals surface area contributed by atoms with Crippen LogP contribution in [0.5, 0.6) is 6.01 Å². The van der Waals surface area contributed by atoms with Gasteiger partial charge in [0.15, 0.2) is 0 Å². The lowest BCUT2D eigenvalue weighted by Gasteiger charge is -2.22. The molecule has 0 saturated heterocycles. The average molecular weight is 455 g/mol. The lowest BCUT2D eigenvalue weighted by Crippen LogP contribution is -2.32. The third-order valence-electron chi connectivity index (χ3n) is 4.61. The molecular weight excluding hydrogens is 441 g/mol. The number of hydrogen-bond donors (Lipinski definition) is 0. The first-order chi connectivity index (χ1) is 14.7. The van der Waals surface area contributed by atoms with E-state index < -0.39 is 16.7 Å². The third-order valence-corrected chi connectivity index (χ3v) is 4.92. The van der Waals surface area contributed by atoms with Gasteiger partial charge in [-0.1, -0.05) is 23.7 Å². The monoisotopic (exact) mass is 454 g/mol.